The van der Waals surface area contributed by atoms with Gasteiger partial charge in [0.05, 0.1) is 13.2 Å². The fraction of sp³-hybridized carbons (Fsp3) is 0.480. The number of amides is 2. The second kappa shape index (κ2) is 14.4. The van der Waals surface area contributed by atoms with Crippen LogP contribution < -0.4 is 16.3 Å². The molecule has 13 nitrogen and oxygen atoms in total. The van der Waals surface area contributed by atoms with Gasteiger partial charge in [-0.3, -0.25) is 14.9 Å². The van der Waals surface area contributed by atoms with Crippen LogP contribution in [0.4, 0.5) is 25.1 Å². The number of aliphatic hydroxyl groups is 1. The van der Waals surface area contributed by atoms with E-state index in [0.717, 1.165) is 12.3 Å². The number of nitrogens with zero attached hydrogens (tertiary/aromatic N) is 2. The van der Waals surface area contributed by atoms with Crippen molar-refractivity contribution in [3.8, 4) is 0 Å². The highest BCUT2D eigenvalue weighted by Crippen LogP contribution is 2.45. The molecule has 2 heterocycles. The van der Waals surface area contributed by atoms with Gasteiger partial charge < -0.3 is 29.4 Å². The molecule has 0 radical (unpaired) electrons. The van der Waals surface area contributed by atoms with Crippen molar-refractivity contribution in [2.24, 2.45) is 0 Å². The van der Waals surface area contributed by atoms with E-state index in [0.29, 0.717) is 10.3 Å². The second-order valence-electron chi connectivity index (χ2n) is 8.65. The van der Waals surface area contributed by atoms with Gasteiger partial charge in [-0.25, -0.2) is 19.1 Å². The van der Waals surface area contributed by atoms with Gasteiger partial charge in [0.1, 0.15) is 18.5 Å². The van der Waals surface area contributed by atoms with Crippen LogP contribution in [-0.2, 0) is 28.5 Å². The largest absolute Gasteiger partial charge is 0.453 e. The van der Waals surface area contributed by atoms with Gasteiger partial charge in [-0.2, -0.15) is 8.78 Å². The first-order valence-corrected chi connectivity index (χ1v) is 12.4. The predicted octanol–water partition coefficient (Wildman–Crippen LogP) is 2.07. The molecule has 1 aromatic carbocycles. The molecule has 218 valence electrons. The molecular weight excluding hydrogens is 538 g/mol. The van der Waals surface area contributed by atoms with Crippen molar-refractivity contribution >= 4 is 29.5 Å². The van der Waals surface area contributed by atoms with Crippen molar-refractivity contribution < 1.29 is 47.2 Å². The van der Waals surface area contributed by atoms with Crippen LogP contribution in [0.2, 0.25) is 0 Å². The third-order valence-electron chi connectivity index (χ3n) is 5.75. The third kappa shape index (κ3) is 8.03. The van der Waals surface area contributed by atoms with Crippen LogP contribution in [-0.4, -0.2) is 77.7 Å². The lowest BCUT2D eigenvalue weighted by Gasteiger charge is -2.25. The van der Waals surface area contributed by atoms with Crippen molar-refractivity contribution in [3.05, 3.63) is 53.1 Å². The number of benzene rings is 1. The summed E-state index contributed by atoms with van der Waals surface area (Å²) in [5.41, 5.74) is -0.578. The summed E-state index contributed by atoms with van der Waals surface area (Å²) in [5, 5.41) is 14.5. The minimum Gasteiger partial charge on any atom is -0.453 e. The summed E-state index contributed by atoms with van der Waals surface area (Å²) in [6.07, 6.45) is -6.10. The van der Waals surface area contributed by atoms with Crippen LogP contribution in [0.3, 0.4) is 0 Å². The van der Waals surface area contributed by atoms with Crippen LogP contribution in [0.15, 0.2) is 47.4 Å². The summed E-state index contributed by atoms with van der Waals surface area (Å²) >= 11 is 0. The molecule has 3 atom stereocenters. The number of alkyl halides is 2. The molecule has 1 fully saturated rings. The number of ether oxygens (including phenoxy) is 4. The Labute approximate surface area is 227 Å². The lowest BCUT2D eigenvalue weighted by molar-refractivity contribution is -0.176. The number of para-hydroxylation sites is 1. The number of carbonyl (C=O) groups excluding carboxylic acids is 3. The summed E-state index contributed by atoms with van der Waals surface area (Å²) in [6, 6.07) is 9.84. The Hall–Kier alpha value is -3.95. The molecule has 1 aliphatic rings. The lowest BCUT2D eigenvalue weighted by Crippen LogP contribution is -2.45. The van der Waals surface area contributed by atoms with E-state index in [-0.39, 0.29) is 44.8 Å². The molecule has 3 rings (SSSR count). The summed E-state index contributed by atoms with van der Waals surface area (Å²) < 4.78 is 51.1. The highest BCUT2D eigenvalue weighted by atomic mass is 19.3. The molecule has 1 saturated heterocycles. The van der Waals surface area contributed by atoms with Gasteiger partial charge >= 0.3 is 23.7 Å². The highest BCUT2D eigenvalue weighted by molar-refractivity contribution is 5.90. The van der Waals surface area contributed by atoms with E-state index in [1.807, 2.05) is 0 Å². The molecule has 2 aromatic rings. The second-order valence-corrected chi connectivity index (χ2v) is 8.65. The number of methoxy groups -OCH3 is 1. The van der Waals surface area contributed by atoms with Crippen molar-refractivity contribution in [1.29, 1.82) is 0 Å². The number of hydrogen-bond acceptors (Lipinski definition) is 10. The van der Waals surface area contributed by atoms with Crippen molar-refractivity contribution in [2.45, 2.75) is 50.0 Å². The predicted molar refractivity (Wildman–Crippen MR) is 135 cm³/mol. The lowest BCUT2D eigenvalue weighted by atomic mass is 10.1. The molecule has 40 heavy (non-hydrogen) atoms. The first-order valence-electron chi connectivity index (χ1n) is 12.4. The van der Waals surface area contributed by atoms with Crippen LogP contribution >= 0.6 is 0 Å². The maximum absolute atomic E-state index is 15.5. The number of carbonyl (C=O) groups is 3. The average Bonchev–Trinajstić information content (AvgIpc) is 3.16. The quantitative estimate of drug-likeness (QED) is 0.240. The van der Waals surface area contributed by atoms with Crippen LogP contribution in [0.1, 0.15) is 31.9 Å². The molecule has 2 amide bonds. The van der Waals surface area contributed by atoms with Crippen LogP contribution in [0.5, 0.6) is 0 Å². The number of aromatic nitrogens is 2. The number of hydrogen-bond donors (Lipinski definition) is 3. The average molecular weight is 569 g/mol. The molecule has 15 heteroatoms. The Morgan fingerprint density at radius 1 is 1.10 bits per heavy atom. The Balaban J connectivity index is 1.61. The monoisotopic (exact) mass is 568 g/mol. The number of nitrogens with one attached hydrogen (secondary N) is 2. The standard InChI is InChI=1S/C25H30F2N4O9/c1-37-13-14-38-24(36)30-18-11-12-28-23(35)31(18)22-25(26,27)21(17(15-32)39-22)40-20(34)10-6-5-9-19(33)29-16-7-3-2-4-8-16/h2-4,7-8,11-12,17,21-22,32H,5-6,9-10,13-15H2,1H3,(H,29,33)(H,30,36)/t17-,21-,22-/m1/s1. The first-order chi connectivity index (χ1) is 19.2. The summed E-state index contributed by atoms with van der Waals surface area (Å²) in [7, 11) is 1.38. The maximum Gasteiger partial charge on any atom is 0.412 e. The Bertz CT molecular complexity index is 1210. The molecule has 0 unspecified atom stereocenters. The highest BCUT2D eigenvalue weighted by Gasteiger charge is 2.62. The van der Waals surface area contributed by atoms with E-state index < -0.39 is 54.5 Å². The number of esters is 1. The Morgan fingerprint density at radius 3 is 2.52 bits per heavy atom. The molecule has 1 aliphatic heterocycles. The zero-order chi connectivity index (χ0) is 29.1. The van der Waals surface area contributed by atoms with Crippen LogP contribution in [0, 0.1) is 0 Å². The fourth-order valence-electron chi connectivity index (χ4n) is 3.85. The summed E-state index contributed by atoms with van der Waals surface area (Å²) in [6.45, 7) is -1.02. The minimum absolute atomic E-state index is 0.0759. The van der Waals surface area contributed by atoms with E-state index in [2.05, 4.69) is 15.6 Å². The van der Waals surface area contributed by atoms with E-state index in [1.165, 1.54) is 7.11 Å². The summed E-state index contributed by atoms with van der Waals surface area (Å²) in [5.74, 6) is -5.71. The molecule has 0 bridgehead atoms. The number of aliphatic hydroxyl groups excluding tert-OH is 1. The number of unbranched alkanes of at least 4 members (excludes halogenated alkanes) is 1. The van der Waals surface area contributed by atoms with Gasteiger partial charge in [-0.1, -0.05) is 18.2 Å². The van der Waals surface area contributed by atoms with E-state index >= 15 is 8.78 Å². The maximum atomic E-state index is 15.5. The molecule has 3 N–H and O–H groups in total. The van der Waals surface area contributed by atoms with Crippen molar-refractivity contribution in [3.63, 3.8) is 0 Å². The molecule has 0 saturated carbocycles. The van der Waals surface area contributed by atoms with Crippen molar-refractivity contribution in [2.75, 3.05) is 37.6 Å². The topological polar surface area (TPSA) is 167 Å². The molecule has 1 aromatic heterocycles. The van der Waals surface area contributed by atoms with Gasteiger partial charge in [0.15, 0.2) is 6.10 Å². The van der Waals surface area contributed by atoms with E-state index in [9.17, 15) is 24.3 Å². The Morgan fingerprint density at radius 2 is 1.82 bits per heavy atom. The normalized spacial score (nSPS) is 19.6. The van der Waals surface area contributed by atoms with Crippen molar-refractivity contribution in [1.82, 2.24) is 9.55 Å². The fourth-order valence-corrected chi connectivity index (χ4v) is 3.85. The van der Waals surface area contributed by atoms with Crippen LogP contribution in [0.25, 0.3) is 0 Å². The van der Waals surface area contributed by atoms with Gasteiger partial charge in [0, 0.05) is 31.8 Å². The van der Waals surface area contributed by atoms with Gasteiger partial charge in [0.2, 0.25) is 12.1 Å². The SMILES string of the molecule is COCCOC(=O)Nc1ccnc(=O)n1[C@@H]1O[C@H](CO)[C@@H](OC(=O)CCCCC(=O)Nc2ccccc2)C1(F)F. The zero-order valence-electron chi connectivity index (χ0n) is 21.6. The van der Waals surface area contributed by atoms with Gasteiger partial charge in [-0.05, 0) is 31.0 Å². The first kappa shape index (κ1) is 30.6. The van der Waals surface area contributed by atoms with E-state index in [1.54, 1.807) is 30.3 Å². The molecule has 0 spiro atoms. The van der Waals surface area contributed by atoms with Gasteiger partial charge in [-0.15, -0.1) is 0 Å². The Kier molecular flexibility index (Phi) is 11.0. The minimum atomic E-state index is -4.01. The number of halogens is 2. The molecule has 0 aliphatic carbocycles. The number of anilines is 2. The zero-order valence-corrected chi connectivity index (χ0v) is 21.6. The van der Waals surface area contributed by atoms with E-state index in [4.69, 9.17) is 18.9 Å². The van der Waals surface area contributed by atoms with Gasteiger partial charge in [0.25, 0.3) is 0 Å². The molecular formula is C25H30F2N4O9. The number of rotatable bonds is 13. The third-order valence-corrected chi connectivity index (χ3v) is 5.75. The summed E-state index contributed by atoms with van der Waals surface area (Å²) in [4.78, 5) is 52.3. The smallest absolute Gasteiger partial charge is 0.412 e.